The highest BCUT2D eigenvalue weighted by Crippen LogP contribution is 2.28. The highest BCUT2D eigenvalue weighted by Gasteiger charge is 2.20. The molecule has 1 aliphatic carbocycles. The van der Waals surface area contributed by atoms with Crippen LogP contribution in [0.25, 0.3) is 0 Å². The largest absolute Gasteiger partial charge is 0.314 e. The van der Waals surface area contributed by atoms with Gasteiger partial charge in [0.2, 0.25) is 0 Å². The molecule has 2 rings (SSSR count). The summed E-state index contributed by atoms with van der Waals surface area (Å²) in [6, 6.07) is 0.882. The monoisotopic (exact) mass is 167 g/mol. The first-order chi connectivity index (χ1) is 5.95. The van der Waals surface area contributed by atoms with E-state index in [2.05, 4.69) is 5.32 Å². The Morgan fingerprint density at radius 2 is 1.75 bits per heavy atom. The molecule has 1 saturated carbocycles. The molecule has 0 aromatic rings. The van der Waals surface area contributed by atoms with E-state index in [0.717, 1.165) is 12.0 Å². The Labute approximate surface area is 75.9 Å². The van der Waals surface area contributed by atoms with Crippen LogP contribution in [-0.4, -0.2) is 12.6 Å². The van der Waals surface area contributed by atoms with Gasteiger partial charge in [-0.3, -0.25) is 0 Å². The van der Waals surface area contributed by atoms with E-state index in [9.17, 15) is 0 Å². The average molecular weight is 167 g/mol. The molecule has 0 aromatic carbocycles. The van der Waals surface area contributed by atoms with Crippen molar-refractivity contribution < 1.29 is 0 Å². The van der Waals surface area contributed by atoms with E-state index in [-0.39, 0.29) is 0 Å². The van der Waals surface area contributed by atoms with Crippen molar-refractivity contribution >= 4 is 0 Å². The Hall–Kier alpha value is -0.0400. The summed E-state index contributed by atoms with van der Waals surface area (Å²) in [4.78, 5) is 0. The molecular formula is C11H21N. The fourth-order valence-corrected chi connectivity index (χ4v) is 2.78. The minimum Gasteiger partial charge on any atom is -0.314 e. The van der Waals surface area contributed by atoms with E-state index >= 15 is 0 Å². The third-order valence-electron chi connectivity index (χ3n) is 3.50. The standard InChI is InChI=1S/C11H21N/c1-2-5-10(6-3-1)9-11-7-4-8-12-11/h10-12H,1-9H2/t11-/m0/s1. The lowest BCUT2D eigenvalue weighted by molar-refractivity contribution is 0.309. The molecular weight excluding hydrogens is 146 g/mol. The molecule has 12 heavy (non-hydrogen) atoms. The Kier molecular flexibility index (Phi) is 3.04. The van der Waals surface area contributed by atoms with Crippen molar-refractivity contribution in [3.63, 3.8) is 0 Å². The molecule has 0 unspecified atom stereocenters. The second-order valence-electron chi connectivity index (χ2n) is 4.53. The molecule has 0 spiro atoms. The Bertz CT molecular complexity index is 121. The van der Waals surface area contributed by atoms with Crippen LogP contribution in [-0.2, 0) is 0 Å². The van der Waals surface area contributed by atoms with Crippen LogP contribution in [0, 0.1) is 5.92 Å². The van der Waals surface area contributed by atoms with Crippen molar-refractivity contribution in [2.75, 3.05) is 6.54 Å². The summed E-state index contributed by atoms with van der Waals surface area (Å²) in [5.74, 6) is 1.06. The second kappa shape index (κ2) is 4.27. The van der Waals surface area contributed by atoms with Gasteiger partial charge in [0.15, 0.2) is 0 Å². The van der Waals surface area contributed by atoms with Crippen molar-refractivity contribution in [3.05, 3.63) is 0 Å². The summed E-state index contributed by atoms with van der Waals surface area (Å²) in [6.45, 7) is 1.28. The predicted molar refractivity (Wildman–Crippen MR) is 52.2 cm³/mol. The first-order valence-corrected chi connectivity index (χ1v) is 5.68. The van der Waals surface area contributed by atoms with Crippen LogP contribution in [0.4, 0.5) is 0 Å². The zero-order chi connectivity index (χ0) is 8.23. The van der Waals surface area contributed by atoms with Gasteiger partial charge in [-0.25, -0.2) is 0 Å². The molecule has 1 atom stereocenters. The topological polar surface area (TPSA) is 12.0 Å². The van der Waals surface area contributed by atoms with Crippen LogP contribution in [0.3, 0.4) is 0 Å². The molecule has 2 fully saturated rings. The second-order valence-corrected chi connectivity index (χ2v) is 4.53. The number of nitrogens with one attached hydrogen (secondary N) is 1. The van der Waals surface area contributed by atoms with Gasteiger partial charge in [-0.05, 0) is 31.7 Å². The van der Waals surface area contributed by atoms with Crippen LogP contribution < -0.4 is 5.32 Å². The maximum absolute atomic E-state index is 3.60. The molecule has 1 saturated heterocycles. The lowest BCUT2D eigenvalue weighted by Crippen LogP contribution is -2.25. The minimum absolute atomic E-state index is 0.882. The van der Waals surface area contributed by atoms with Gasteiger partial charge in [-0.2, -0.15) is 0 Å². The number of hydrogen-bond donors (Lipinski definition) is 1. The van der Waals surface area contributed by atoms with Gasteiger partial charge in [0.1, 0.15) is 0 Å². The Balaban J connectivity index is 1.69. The van der Waals surface area contributed by atoms with E-state index in [0.29, 0.717) is 0 Å². The van der Waals surface area contributed by atoms with Crippen molar-refractivity contribution in [1.29, 1.82) is 0 Å². The van der Waals surface area contributed by atoms with E-state index in [1.807, 2.05) is 0 Å². The maximum atomic E-state index is 3.60. The predicted octanol–water partition coefficient (Wildman–Crippen LogP) is 2.71. The highest BCUT2D eigenvalue weighted by molar-refractivity contribution is 4.78. The summed E-state index contributed by atoms with van der Waals surface area (Å²) >= 11 is 0. The molecule has 0 radical (unpaired) electrons. The van der Waals surface area contributed by atoms with Crippen molar-refractivity contribution in [2.45, 2.75) is 57.4 Å². The molecule has 1 heteroatoms. The smallest absolute Gasteiger partial charge is 0.00701 e. The van der Waals surface area contributed by atoms with E-state index in [1.165, 1.54) is 57.9 Å². The van der Waals surface area contributed by atoms with E-state index in [4.69, 9.17) is 0 Å². The fraction of sp³-hybridized carbons (Fsp3) is 1.00. The molecule has 1 heterocycles. The van der Waals surface area contributed by atoms with Gasteiger partial charge >= 0.3 is 0 Å². The lowest BCUT2D eigenvalue weighted by atomic mass is 9.84. The van der Waals surface area contributed by atoms with Gasteiger partial charge in [-0.15, -0.1) is 0 Å². The van der Waals surface area contributed by atoms with Crippen molar-refractivity contribution in [3.8, 4) is 0 Å². The van der Waals surface area contributed by atoms with Gasteiger partial charge in [0, 0.05) is 6.04 Å². The first kappa shape index (κ1) is 8.55. The third kappa shape index (κ3) is 2.22. The summed E-state index contributed by atoms with van der Waals surface area (Å²) < 4.78 is 0. The summed E-state index contributed by atoms with van der Waals surface area (Å²) in [5.41, 5.74) is 0. The van der Waals surface area contributed by atoms with Crippen LogP contribution in [0.15, 0.2) is 0 Å². The van der Waals surface area contributed by atoms with Crippen molar-refractivity contribution in [1.82, 2.24) is 5.32 Å². The molecule has 70 valence electrons. The molecule has 1 N–H and O–H groups in total. The molecule has 2 aliphatic rings. The Morgan fingerprint density at radius 3 is 2.42 bits per heavy atom. The lowest BCUT2D eigenvalue weighted by Gasteiger charge is -2.24. The zero-order valence-electron chi connectivity index (χ0n) is 8.02. The maximum Gasteiger partial charge on any atom is 0.00701 e. The van der Waals surface area contributed by atoms with Crippen LogP contribution in [0.1, 0.15) is 51.4 Å². The van der Waals surface area contributed by atoms with Crippen LogP contribution in [0.5, 0.6) is 0 Å². The number of rotatable bonds is 2. The SMILES string of the molecule is C1CCC(C[C@@H]2CCCN2)CC1. The van der Waals surface area contributed by atoms with Gasteiger partial charge in [0.25, 0.3) is 0 Å². The fourth-order valence-electron chi connectivity index (χ4n) is 2.78. The quantitative estimate of drug-likeness (QED) is 0.667. The van der Waals surface area contributed by atoms with Gasteiger partial charge in [-0.1, -0.05) is 32.1 Å². The normalized spacial score (nSPS) is 32.5. The van der Waals surface area contributed by atoms with E-state index in [1.54, 1.807) is 0 Å². The molecule has 0 amide bonds. The molecule has 0 aromatic heterocycles. The first-order valence-electron chi connectivity index (χ1n) is 5.68. The molecule has 0 bridgehead atoms. The highest BCUT2D eigenvalue weighted by atomic mass is 14.9. The van der Waals surface area contributed by atoms with Gasteiger partial charge in [0.05, 0.1) is 0 Å². The Morgan fingerprint density at radius 1 is 0.917 bits per heavy atom. The van der Waals surface area contributed by atoms with Crippen LogP contribution in [0.2, 0.25) is 0 Å². The minimum atomic E-state index is 0.882. The number of hydrogen-bond acceptors (Lipinski definition) is 1. The van der Waals surface area contributed by atoms with Crippen molar-refractivity contribution in [2.24, 2.45) is 5.92 Å². The molecule has 1 aliphatic heterocycles. The zero-order valence-corrected chi connectivity index (χ0v) is 8.02. The summed E-state index contributed by atoms with van der Waals surface area (Å²) in [6.07, 6.45) is 11.8. The third-order valence-corrected chi connectivity index (χ3v) is 3.50. The molecule has 1 nitrogen and oxygen atoms in total. The summed E-state index contributed by atoms with van der Waals surface area (Å²) in [7, 11) is 0. The van der Waals surface area contributed by atoms with Gasteiger partial charge < -0.3 is 5.32 Å². The average Bonchev–Trinajstić information content (AvgIpc) is 2.59. The van der Waals surface area contributed by atoms with Crippen LogP contribution >= 0.6 is 0 Å². The van der Waals surface area contributed by atoms with E-state index < -0.39 is 0 Å². The summed E-state index contributed by atoms with van der Waals surface area (Å²) in [5, 5.41) is 3.60.